The predicted octanol–water partition coefficient (Wildman–Crippen LogP) is 3.67. The second kappa shape index (κ2) is 4.35. The van der Waals surface area contributed by atoms with Crippen molar-refractivity contribution in [2.45, 2.75) is 25.7 Å². The summed E-state index contributed by atoms with van der Waals surface area (Å²) in [7, 11) is 0. The van der Waals surface area contributed by atoms with Gasteiger partial charge in [0.15, 0.2) is 5.82 Å². The second-order valence-electron chi connectivity index (χ2n) is 4.77. The molecule has 0 unspecified atom stereocenters. The van der Waals surface area contributed by atoms with Crippen molar-refractivity contribution in [3.63, 3.8) is 0 Å². The summed E-state index contributed by atoms with van der Waals surface area (Å²) >= 11 is 3.47. The lowest BCUT2D eigenvalue weighted by atomic mass is 10.1. The molecule has 1 aromatic heterocycles. The zero-order chi connectivity index (χ0) is 12.7. The Morgan fingerprint density at radius 2 is 2.00 bits per heavy atom. The summed E-state index contributed by atoms with van der Waals surface area (Å²) in [5.74, 6) is 1.89. The normalized spacial score (nSPS) is 14.8. The first-order chi connectivity index (χ1) is 8.63. The Hall–Kier alpha value is -1.42. The van der Waals surface area contributed by atoms with Crippen LogP contribution in [0.15, 0.2) is 28.7 Å². The molecule has 0 atom stereocenters. The molecule has 0 bridgehead atoms. The van der Waals surface area contributed by atoms with Gasteiger partial charge >= 0.3 is 0 Å². The summed E-state index contributed by atoms with van der Waals surface area (Å²) in [5, 5.41) is 0. The number of nitrogens with two attached hydrogens (primary N) is 1. The molecule has 0 spiro atoms. The molecule has 0 radical (unpaired) electrons. The fourth-order valence-corrected chi connectivity index (χ4v) is 2.55. The van der Waals surface area contributed by atoms with Crippen molar-refractivity contribution < 1.29 is 0 Å². The van der Waals surface area contributed by atoms with Gasteiger partial charge in [0.1, 0.15) is 5.82 Å². The molecule has 4 heteroatoms. The van der Waals surface area contributed by atoms with E-state index in [0.29, 0.717) is 11.7 Å². The van der Waals surface area contributed by atoms with E-state index < -0.39 is 0 Å². The molecule has 1 fully saturated rings. The highest BCUT2D eigenvalue weighted by Gasteiger charge is 2.26. The lowest BCUT2D eigenvalue weighted by molar-refractivity contribution is 0.997. The fraction of sp³-hybridized carbons (Fsp3) is 0.286. The van der Waals surface area contributed by atoms with Crippen LogP contribution >= 0.6 is 15.9 Å². The maximum absolute atomic E-state index is 5.88. The fourth-order valence-electron chi connectivity index (χ4n) is 2.07. The number of aryl methyl sites for hydroxylation is 1. The van der Waals surface area contributed by atoms with Crippen LogP contribution in [-0.2, 0) is 0 Å². The van der Waals surface area contributed by atoms with Crippen molar-refractivity contribution in [3.8, 4) is 11.4 Å². The number of nitrogens with zero attached hydrogens (tertiary/aromatic N) is 2. The van der Waals surface area contributed by atoms with Gasteiger partial charge in [-0.2, -0.15) is 0 Å². The lowest BCUT2D eigenvalue weighted by Gasteiger charge is -2.08. The molecule has 3 nitrogen and oxygen atoms in total. The number of rotatable bonds is 2. The first-order valence-corrected chi connectivity index (χ1v) is 6.84. The molecule has 0 saturated heterocycles. The van der Waals surface area contributed by atoms with Crippen LogP contribution < -0.4 is 5.73 Å². The van der Waals surface area contributed by atoms with Crippen molar-refractivity contribution >= 4 is 21.7 Å². The average molecular weight is 304 g/mol. The maximum atomic E-state index is 5.88. The van der Waals surface area contributed by atoms with Crippen molar-refractivity contribution in [3.05, 3.63) is 40.0 Å². The van der Waals surface area contributed by atoms with Crippen molar-refractivity contribution in [2.75, 3.05) is 5.73 Å². The molecule has 2 N–H and O–H groups in total. The van der Waals surface area contributed by atoms with Gasteiger partial charge < -0.3 is 5.73 Å². The molecular formula is C14H14BrN3. The van der Waals surface area contributed by atoms with Crippen LogP contribution in [0.4, 0.5) is 5.82 Å². The molecule has 92 valence electrons. The first kappa shape index (κ1) is 11.7. The van der Waals surface area contributed by atoms with Crippen LogP contribution in [-0.4, -0.2) is 9.97 Å². The summed E-state index contributed by atoms with van der Waals surface area (Å²) in [6.07, 6.45) is 2.43. The van der Waals surface area contributed by atoms with E-state index in [-0.39, 0.29) is 0 Å². The monoisotopic (exact) mass is 303 g/mol. The van der Waals surface area contributed by atoms with Gasteiger partial charge in [0, 0.05) is 27.7 Å². The van der Waals surface area contributed by atoms with Crippen LogP contribution in [0, 0.1) is 6.92 Å². The third-order valence-electron chi connectivity index (χ3n) is 3.19. The van der Waals surface area contributed by atoms with Crippen LogP contribution in [0.25, 0.3) is 11.4 Å². The minimum absolute atomic E-state index is 0.559. The van der Waals surface area contributed by atoms with Gasteiger partial charge in [0.2, 0.25) is 0 Å². The number of aromatic nitrogens is 2. The zero-order valence-corrected chi connectivity index (χ0v) is 11.7. The topological polar surface area (TPSA) is 51.8 Å². The SMILES string of the molecule is Cc1cc(Br)ccc1-c1nc(N)cc(C2CC2)n1. The molecular weight excluding hydrogens is 290 g/mol. The molecule has 2 aromatic rings. The van der Waals surface area contributed by atoms with Crippen molar-refractivity contribution in [1.82, 2.24) is 9.97 Å². The minimum atomic E-state index is 0.559. The predicted molar refractivity (Wildman–Crippen MR) is 76.3 cm³/mol. The molecule has 0 aliphatic heterocycles. The smallest absolute Gasteiger partial charge is 0.162 e. The zero-order valence-electron chi connectivity index (χ0n) is 10.2. The number of hydrogen-bond acceptors (Lipinski definition) is 3. The van der Waals surface area contributed by atoms with E-state index in [1.807, 2.05) is 18.2 Å². The molecule has 1 aliphatic carbocycles. The Morgan fingerprint density at radius 3 is 2.67 bits per heavy atom. The van der Waals surface area contributed by atoms with Gasteiger partial charge in [-0.3, -0.25) is 0 Å². The number of halogens is 1. The van der Waals surface area contributed by atoms with E-state index >= 15 is 0 Å². The van der Waals surface area contributed by atoms with Gasteiger partial charge in [0.25, 0.3) is 0 Å². The van der Waals surface area contributed by atoms with Gasteiger partial charge in [-0.25, -0.2) is 9.97 Å². The summed E-state index contributed by atoms with van der Waals surface area (Å²) in [4.78, 5) is 9.01. The molecule has 1 aliphatic rings. The summed E-state index contributed by atoms with van der Waals surface area (Å²) in [5.41, 5.74) is 9.16. The number of hydrogen-bond donors (Lipinski definition) is 1. The van der Waals surface area contributed by atoms with Gasteiger partial charge in [0.05, 0.1) is 0 Å². The number of anilines is 1. The molecule has 18 heavy (non-hydrogen) atoms. The van der Waals surface area contributed by atoms with Crippen LogP contribution in [0.1, 0.15) is 30.0 Å². The maximum Gasteiger partial charge on any atom is 0.162 e. The molecule has 1 saturated carbocycles. The summed E-state index contributed by atoms with van der Waals surface area (Å²) < 4.78 is 1.06. The van der Waals surface area contributed by atoms with Gasteiger partial charge in [-0.15, -0.1) is 0 Å². The van der Waals surface area contributed by atoms with E-state index in [2.05, 4.69) is 38.9 Å². The highest BCUT2D eigenvalue weighted by molar-refractivity contribution is 9.10. The van der Waals surface area contributed by atoms with E-state index in [1.165, 1.54) is 12.8 Å². The number of benzene rings is 1. The van der Waals surface area contributed by atoms with Crippen LogP contribution in [0.2, 0.25) is 0 Å². The van der Waals surface area contributed by atoms with E-state index in [9.17, 15) is 0 Å². The highest BCUT2D eigenvalue weighted by atomic mass is 79.9. The second-order valence-corrected chi connectivity index (χ2v) is 5.69. The first-order valence-electron chi connectivity index (χ1n) is 6.04. The van der Waals surface area contributed by atoms with E-state index in [4.69, 9.17) is 5.73 Å². The van der Waals surface area contributed by atoms with Gasteiger partial charge in [-0.05, 0) is 43.5 Å². The quantitative estimate of drug-likeness (QED) is 0.921. The summed E-state index contributed by atoms with van der Waals surface area (Å²) in [6.45, 7) is 2.06. The van der Waals surface area contributed by atoms with Crippen molar-refractivity contribution in [2.24, 2.45) is 0 Å². The minimum Gasteiger partial charge on any atom is -0.384 e. The average Bonchev–Trinajstić information content (AvgIpc) is 3.11. The third-order valence-corrected chi connectivity index (χ3v) is 3.68. The molecule has 3 rings (SSSR count). The van der Waals surface area contributed by atoms with E-state index in [1.54, 1.807) is 0 Å². The Labute approximate surface area is 115 Å². The lowest BCUT2D eigenvalue weighted by Crippen LogP contribution is -2.00. The van der Waals surface area contributed by atoms with Crippen molar-refractivity contribution in [1.29, 1.82) is 0 Å². The molecule has 0 amide bonds. The Balaban J connectivity index is 2.10. The Kier molecular flexibility index (Phi) is 2.82. The van der Waals surface area contributed by atoms with Crippen LogP contribution in [0.3, 0.4) is 0 Å². The highest BCUT2D eigenvalue weighted by Crippen LogP contribution is 2.40. The summed E-state index contributed by atoms with van der Waals surface area (Å²) in [6, 6.07) is 8.00. The molecule has 1 heterocycles. The van der Waals surface area contributed by atoms with Crippen LogP contribution in [0.5, 0.6) is 0 Å². The Bertz CT molecular complexity index is 606. The van der Waals surface area contributed by atoms with E-state index in [0.717, 1.165) is 27.1 Å². The third kappa shape index (κ3) is 2.25. The number of nitrogen functional groups attached to an aromatic ring is 1. The standard InChI is InChI=1S/C14H14BrN3/c1-8-6-10(15)4-5-11(8)14-17-12(9-2-3-9)7-13(16)18-14/h4-7,9H,2-3H2,1H3,(H2,16,17,18). The molecule has 1 aromatic carbocycles. The van der Waals surface area contributed by atoms with Gasteiger partial charge in [-0.1, -0.05) is 15.9 Å². The largest absolute Gasteiger partial charge is 0.384 e. The Morgan fingerprint density at radius 1 is 1.22 bits per heavy atom.